The Kier molecular flexibility index (Phi) is 20.4. The van der Waals surface area contributed by atoms with Crippen molar-refractivity contribution in [1.29, 1.82) is 0 Å². The Balaban J connectivity index is 0.979. The summed E-state index contributed by atoms with van der Waals surface area (Å²) in [5.74, 6) is 0. The van der Waals surface area contributed by atoms with Crippen molar-refractivity contribution in [2.75, 3.05) is 0 Å². The number of rotatable bonds is 10. The maximum absolute atomic E-state index is 5.24. The van der Waals surface area contributed by atoms with Gasteiger partial charge in [0, 0.05) is 0 Å². The monoisotopic (exact) mass is 1830 g/mol. The van der Waals surface area contributed by atoms with E-state index in [2.05, 4.69) is 490 Å². The van der Waals surface area contributed by atoms with Gasteiger partial charge in [0.25, 0.3) is 0 Å². The van der Waals surface area contributed by atoms with Crippen molar-refractivity contribution in [2.24, 2.45) is 0 Å². The molecule has 0 radical (unpaired) electrons. The third kappa shape index (κ3) is 13.4. The van der Waals surface area contributed by atoms with E-state index in [1.807, 2.05) is 0 Å². The van der Waals surface area contributed by atoms with Crippen molar-refractivity contribution in [1.82, 2.24) is 0 Å². The standard InChI is InChI=1S/C134H148Ge/c1-35-133(109-63-79(101-67-87(125(15,16)17)75-113-117(101)97-59-51-83(121(3,4)5)71-105(97)129(113,27)28)47-55-93(109)94-56-48-80(64-110(94)133)102-68-88(126(18,19)20)76-114-118(102)98-60-52-84(122(6,7)8)72-106(98)130(114,29)30)135(91-43-39-37-40-44-91,92-45-41-38-42-46-92)134(36-2)111-65-81(103-69-89(127(21,22)23)77-115-119(103)99-61-53-85(123(9,10)11)73-107(99)131(115,31)32)49-57-95(111)96-58-50-82(66-112(96)134)104-70-90(128(24,25)26)78-116-120(104)100-62-54-86(124(12,13)14)74-108(100)132(116,33)34/h37-78H,35-36H2,1-34H3. The fourth-order valence-electron chi connectivity index (χ4n) is 26.4. The van der Waals surface area contributed by atoms with Crippen molar-refractivity contribution in [3.63, 3.8) is 0 Å². The maximum atomic E-state index is 2.86. The van der Waals surface area contributed by atoms with Crippen molar-refractivity contribution >= 4 is 22.1 Å². The number of hydrogen-bond acceptors (Lipinski definition) is 0. The van der Waals surface area contributed by atoms with E-state index in [0.717, 1.165) is 12.8 Å². The molecule has 688 valence electrons. The van der Waals surface area contributed by atoms with E-state index >= 15 is 0 Å². The van der Waals surface area contributed by atoms with Crippen molar-refractivity contribution in [3.8, 4) is 111 Å². The van der Waals surface area contributed by atoms with E-state index in [4.69, 9.17) is 0 Å². The van der Waals surface area contributed by atoms with Crippen LogP contribution in [0.4, 0.5) is 0 Å². The van der Waals surface area contributed by atoms with Crippen molar-refractivity contribution < 1.29 is 0 Å². The molecule has 0 unspecified atom stereocenters. The van der Waals surface area contributed by atoms with Gasteiger partial charge in [0.15, 0.2) is 0 Å². The first-order valence-electron chi connectivity index (χ1n) is 51.0. The summed E-state index contributed by atoms with van der Waals surface area (Å²) >= 11 is -5.24. The molecule has 1 heteroatoms. The third-order valence-corrected chi connectivity index (χ3v) is 48.7. The fraction of sp³-hybridized carbons (Fsp3) is 0.373. The molecular formula is C134H148Ge. The fourth-order valence-corrected chi connectivity index (χ4v) is 43.0. The van der Waals surface area contributed by atoms with Gasteiger partial charge in [-0.1, -0.05) is 0 Å². The van der Waals surface area contributed by atoms with Crippen LogP contribution in [0.15, 0.2) is 255 Å². The van der Waals surface area contributed by atoms with Gasteiger partial charge >= 0.3 is 821 Å². The summed E-state index contributed by atoms with van der Waals surface area (Å²) in [5, 5.41) is 0. The van der Waals surface area contributed by atoms with E-state index in [1.165, 1.54) is 231 Å². The quantitative estimate of drug-likeness (QED) is 0.120. The molecule has 20 rings (SSSR count). The number of benzene rings is 14. The minimum absolute atomic E-state index is 0.0338. The first kappa shape index (κ1) is 92.3. The molecule has 0 bridgehead atoms. The van der Waals surface area contributed by atoms with Gasteiger partial charge in [-0.25, -0.2) is 0 Å². The first-order valence-corrected chi connectivity index (χ1v) is 55.2. The molecule has 0 saturated carbocycles. The zero-order valence-electron chi connectivity index (χ0n) is 88.2. The second-order valence-electron chi connectivity index (χ2n) is 52.4. The molecule has 0 spiro atoms. The molecular weight excluding hydrogens is 1680 g/mol. The molecule has 0 saturated heterocycles. The average Bonchev–Trinajstić information content (AvgIpc) is 1.47. The van der Waals surface area contributed by atoms with Gasteiger partial charge in [0.1, 0.15) is 0 Å². The Morgan fingerprint density at radius 2 is 0.363 bits per heavy atom. The van der Waals surface area contributed by atoms with Crippen LogP contribution in [-0.2, 0) is 73.5 Å². The van der Waals surface area contributed by atoms with Crippen LogP contribution < -0.4 is 8.79 Å². The predicted octanol–water partition coefficient (Wildman–Crippen LogP) is 35.4. The van der Waals surface area contributed by atoms with Crippen LogP contribution in [0.1, 0.15) is 360 Å². The molecule has 135 heavy (non-hydrogen) atoms. The molecule has 6 aliphatic carbocycles. The van der Waals surface area contributed by atoms with Crippen LogP contribution in [0.5, 0.6) is 0 Å². The Hall–Kier alpha value is -10.4. The van der Waals surface area contributed by atoms with Crippen LogP contribution in [0, 0.1) is 0 Å². The van der Waals surface area contributed by atoms with E-state index in [0.29, 0.717) is 0 Å². The van der Waals surface area contributed by atoms with E-state index in [1.54, 1.807) is 0 Å². The molecule has 0 aromatic heterocycles. The summed E-state index contributed by atoms with van der Waals surface area (Å²) in [6.45, 7) is 83.3. The average molecular weight is 1830 g/mol. The SMILES string of the molecule is CC[C]1([Ge]([c]2ccccc2)([c]2ccccc2)[C]2(CC)c3cc(-c4cc(C(C)(C)C)cc5c4-c4ccc(C(C)(C)C)cc4C5(C)C)ccc3-c3ccc(-c4cc(C(C)(C)C)cc5c4-c4ccc(C(C)(C)C)cc4C5(C)C)cc32)c2cc(-c3cc(C(C)(C)C)cc4c3-c3ccc(C(C)(C)C)cc3C4(C)C)ccc2-c2ccc(-c3cc(C(C)(C)C)cc4c3-c3ccc(C(C)(C)C)cc3C4(C)C)cc21. The van der Waals surface area contributed by atoms with Gasteiger partial charge in [-0.15, -0.1) is 0 Å². The molecule has 0 heterocycles. The molecule has 0 nitrogen and oxygen atoms in total. The third-order valence-electron chi connectivity index (χ3n) is 34.5. The molecule has 14 aromatic carbocycles. The predicted molar refractivity (Wildman–Crippen MR) is 585 cm³/mol. The normalized spacial score (nSPS) is 16.5. The van der Waals surface area contributed by atoms with Crippen LogP contribution in [0.2, 0.25) is 0 Å². The second kappa shape index (κ2) is 29.8. The molecule has 0 fully saturated rings. The van der Waals surface area contributed by atoms with Crippen molar-refractivity contribution in [2.45, 2.75) is 322 Å². The van der Waals surface area contributed by atoms with E-state index < -0.39 is 21.8 Å². The Bertz CT molecular complexity index is 6510. The molecule has 14 aromatic rings. The molecule has 0 amide bonds. The summed E-state index contributed by atoms with van der Waals surface area (Å²) in [4.78, 5) is 0. The van der Waals surface area contributed by atoms with Gasteiger partial charge in [-0.05, 0) is 0 Å². The van der Waals surface area contributed by atoms with Crippen LogP contribution >= 0.6 is 0 Å². The van der Waals surface area contributed by atoms with Gasteiger partial charge in [0.2, 0.25) is 0 Å². The van der Waals surface area contributed by atoms with Crippen molar-refractivity contribution in [3.05, 3.63) is 366 Å². The molecule has 0 aliphatic heterocycles. The second-order valence-corrected chi connectivity index (χ2v) is 61.5. The molecule has 6 aliphatic rings. The minimum atomic E-state index is -5.24. The molecule has 0 N–H and O–H groups in total. The van der Waals surface area contributed by atoms with E-state index in [-0.39, 0.29) is 65.0 Å². The van der Waals surface area contributed by atoms with Gasteiger partial charge in [0.05, 0.1) is 0 Å². The summed E-state index contributed by atoms with van der Waals surface area (Å²) < 4.78 is 1.52. The Morgan fingerprint density at radius 3 is 0.548 bits per heavy atom. The zero-order valence-corrected chi connectivity index (χ0v) is 90.3. The Labute approximate surface area is 814 Å². The molecule has 0 atom stereocenters. The van der Waals surface area contributed by atoms with Gasteiger partial charge in [-0.2, -0.15) is 0 Å². The van der Waals surface area contributed by atoms with Gasteiger partial charge < -0.3 is 0 Å². The summed E-state index contributed by atoms with van der Waals surface area (Å²) in [5.41, 5.74) is 53.0. The Morgan fingerprint density at radius 1 is 0.178 bits per heavy atom. The van der Waals surface area contributed by atoms with Crippen LogP contribution in [0.25, 0.3) is 111 Å². The van der Waals surface area contributed by atoms with Crippen LogP contribution in [-0.4, -0.2) is 13.3 Å². The summed E-state index contributed by atoms with van der Waals surface area (Å²) in [6, 6.07) is 109. The van der Waals surface area contributed by atoms with Crippen LogP contribution in [0.3, 0.4) is 0 Å². The topological polar surface area (TPSA) is 0 Å². The van der Waals surface area contributed by atoms with E-state index in [9.17, 15) is 0 Å². The number of hydrogen-bond donors (Lipinski definition) is 0. The zero-order chi connectivity index (χ0) is 96.9. The summed E-state index contributed by atoms with van der Waals surface area (Å²) in [6.07, 6.45) is 1.64. The number of fused-ring (bicyclic) bond motifs is 18. The van der Waals surface area contributed by atoms with Gasteiger partial charge in [-0.3, -0.25) is 0 Å². The first-order chi connectivity index (χ1) is 62.9. The summed E-state index contributed by atoms with van der Waals surface area (Å²) in [7, 11) is 0.